The Hall–Kier alpha value is -2.34. The van der Waals surface area contributed by atoms with E-state index in [2.05, 4.69) is 38.8 Å². The largest absolute Gasteiger partial charge is 0.377 e. The summed E-state index contributed by atoms with van der Waals surface area (Å²) in [6.45, 7) is 5.27. The third-order valence-corrected chi connectivity index (χ3v) is 5.11. The van der Waals surface area contributed by atoms with E-state index in [1.165, 1.54) is 0 Å². The first-order valence-electron chi connectivity index (χ1n) is 8.99. The lowest BCUT2D eigenvalue weighted by Gasteiger charge is -2.36. The molecule has 0 spiro atoms. The number of H-pyrrole nitrogens is 1. The molecule has 0 amide bonds. The average molecular weight is 340 g/mol. The number of pyridine rings is 2. The van der Waals surface area contributed by atoms with Gasteiger partial charge in [0, 0.05) is 43.1 Å². The molecule has 2 atom stereocenters. The van der Waals surface area contributed by atoms with Crippen LogP contribution in [0, 0.1) is 0 Å². The molecular formula is C19H24N4O2. The van der Waals surface area contributed by atoms with Crippen LogP contribution in [0.2, 0.25) is 0 Å². The van der Waals surface area contributed by atoms with Gasteiger partial charge in [0.15, 0.2) is 0 Å². The Kier molecular flexibility index (Phi) is 4.44. The second kappa shape index (κ2) is 6.88. The summed E-state index contributed by atoms with van der Waals surface area (Å²) >= 11 is 0. The van der Waals surface area contributed by atoms with Crippen molar-refractivity contribution in [3.8, 4) is 0 Å². The Bertz CT molecular complexity index is 776. The van der Waals surface area contributed by atoms with Crippen LogP contribution in [-0.2, 0) is 4.74 Å². The summed E-state index contributed by atoms with van der Waals surface area (Å²) in [7, 11) is 0. The molecule has 6 nitrogen and oxygen atoms in total. The summed E-state index contributed by atoms with van der Waals surface area (Å²) in [6, 6.07) is 10.3. The summed E-state index contributed by atoms with van der Waals surface area (Å²) in [5, 5.41) is 0. The number of nitrogens with zero attached hydrogens (tertiary/aromatic N) is 3. The zero-order chi connectivity index (χ0) is 17.2. The van der Waals surface area contributed by atoms with Crippen molar-refractivity contribution in [1.29, 1.82) is 0 Å². The maximum absolute atomic E-state index is 12.3. The molecule has 0 radical (unpaired) electrons. The minimum absolute atomic E-state index is 0.0575. The molecule has 1 N–H and O–H groups in total. The van der Waals surface area contributed by atoms with Gasteiger partial charge in [-0.1, -0.05) is 6.07 Å². The smallest absolute Gasteiger partial charge is 0.251 e. The highest BCUT2D eigenvalue weighted by Gasteiger charge is 2.29. The first kappa shape index (κ1) is 16.1. The minimum Gasteiger partial charge on any atom is -0.377 e. The number of hydrogen-bond donors (Lipinski definition) is 1. The van der Waals surface area contributed by atoms with Crippen LogP contribution < -0.4 is 15.4 Å². The number of rotatable bonds is 3. The van der Waals surface area contributed by atoms with Gasteiger partial charge in [0.2, 0.25) is 0 Å². The van der Waals surface area contributed by atoms with Crippen molar-refractivity contribution >= 4 is 11.5 Å². The first-order chi connectivity index (χ1) is 12.2. The molecule has 0 bridgehead atoms. The number of hydrogen-bond acceptors (Lipinski definition) is 5. The summed E-state index contributed by atoms with van der Waals surface area (Å²) in [4.78, 5) is 24.4. The van der Waals surface area contributed by atoms with Crippen molar-refractivity contribution in [3.63, 3.8) is 0 Å². The van der Waals surface area contributed by atoms with Crippen LogP contribution in [0.15, 0.2) is 41.3 Å². The van der Waals surface area contributed by atoms with E-state index >= 15 is 0 Å². The van der Waals surface area contributed by atoms with Gasteiger partial charge in [0.25, 0.3) is 5.56 Å². The number of nitrogens with one attached hydrogen (secondary N) is 1. The fourth-order valence-corrected chi connectivity index (χ4v) is 3.88. The monoisotopic (exact) mass is 340 g/mol. The van der Waals surface area contributed by atoms with Gasteiger partial charge < -0.3 is 19.5 Å². The van der Waals surface area contributed by atoms with Gasteiger partial charge in [-0.15, -0.1) is 0 Å². The Balaban J connectivity index is 1.67. The van der Waals surface area contributed by atoms with Crippen molar-refractivity contribution in [2.24, 2.45) is 0 Å². The minimum atomic E-state index is -0.0575. The van der Waals surface area contributed by atoms with E-state index in [1.807, 2.05) is 18.3 Å². The highest BCUT2D eigenvalue weighted by Crippen LogP contribution is 2.35. The van der Waals surface area contributed by atoms with Crippen molar-refractivity contribution in [2.75, 3.05) is 36.1 Å². The molecule has 2 aromatic heterocycles. The van der Waals surface area contributed by atoms with Gasteiger partial charge >= 0.3 is 0 Å². The average Bonchev–Trinajstić information content (AvgIpc) is 3.12. The third kappa shape index (κ3) is 3.26. The van der Waals surface area contributed by atoms with Gasteiger partial charge in [-0.05, 0) is 31.9 Å². The van der Waals surface area contributed by atoms with Crippen LogP contribution in [0.5, 0.6) is 0 Å². The number of morpholine rings is 1. The molecule has 2 saturated heterocycles. The molecule has 132 valence electrons. The zero-order valence-electron chi connectivity index (χ0n) is 14.5. The number of aromatic amines is 1. The summed E-state index contributed by atoms with van der Waals surface area (Å²) in [6.07, 6.45) is 3.99. The predicted molar refractivity (Wildman–Crippen MR) is 98.2 cm³/mol. The number of aromatic nitrogens is 2. The third-order valence-electron chi connectivity index (χ3n) is 5.11. The van der Waals surface area contributed by atoms with Gasteiger partial charge in [-0.2, -0.15) is 0 Å². The lowest BCUT2D eigenvalue weighted by atomic mass is 10.1. The molecule has 2 aliphatic heterocycles. The van der Waals surface area contributed by atoms with Crippen LogP contribution in [0.1, 0.15) is 31.5 Å². The van der Waals surface area contributed by atoms with Gasteiger partial charge in [0.05, 0.1) is 24.9 Å². The zero-order valence-corrected chi connectivity index (χ0v) is 14.5. The topological polar surface area (TPSA) is 61.5 Å². The summed E-state index contributed by atoms with van der Waals surface area (Å²) in [5.41, 5.74) is 1.98. The van der Waals surface area contributed by atoms with Crippen LogP contribution in [-0.4, -0.2) is 42.3 Å². The van der Waals surface area contributed by atoms with E-state index in [0.29, 0.717) is 13.2 Å². The normalized spacial score (nSPS) is 23.9. The lowest BCUT2D eigenvalue weighted by molar-refractivity contribution is 0.0989. The molecule has 2 unspecified atom stereocenters. The maximum Gasteiger partial charge on any atom is 0.251 e. The van der Waals surface area contributed by atoms with Gasteiger partial charge in [0.1, 0.15) is 5.82 Å². The second-order valence-corrected chi connectivity index (χ2v) is 6.81. The van der Waals surface area contributed by atoms with Crippen molar-refractivity contribution in [3.05, 3.63) is 52.6 Å². The van der Waals surface area contributed by atoms with Crippen LogP contribution >= 0.6 is 0 Å². The van der Waals surface area contributed by atoms with Gasteiger partial charge in [-0.3, -0.25) is 9.78 Å². The SMILES string of the molecule is CC1COCCN1c1cc(N2CCCC2c2ccccn2)[nH]c(=O)c1. The Morgan fingerprint density at radius 3 is 2.96 bits per heavy atom. The highest BCUT2D eigenvalue weighted by atomic mass is 16.5. The summed E-state index contributed by atoms with van der Waals surface area (Å²) in [5.74, 6) is 0.884. The van der Waals surface area contributed by atoms with E-state index in [1.54, 1.807) is 6.07 Å². The Labute approximate surface area is 147 Å². The van der Waals surface area contributed by atoms with Crippen LogP contribution in [0.25, 0.3) is 0 Å². The van der Waals surface area contributed by atoms with Gasteiger partial charge in [-0.25, -0.2) is 0 Å². The van der Waals surface area contributed by atoms with E-state index in [0.717, 1.165) is 43.1 Å². The lowest BCUT2D eigenvalue weighted by Crippen LogP contribution is -2.44. The molecule has 4 rings (SSSR count). The van der Waals surface area contributed by atoms with E-state index in [-0.39, 0.29) is 17.6 Å². The second-order valence-electron chi connectivity index (χ2n) is 6.81. The van der Waals surface area contributed by atoms with E-state index in [4.69, 9.17) is 4.74 Å². The maximum atomic E-state index is 12.3. The highest BCUT2D eigenvalue weighted by molar-refractivity contribution is 5.57. The predicted octanol–water partition coefficient (Wildman–Crippen LogP) is 2.34. The molecule has 25 heavy (non-hydrogen) atoms. The van der Waals surface area contributed by atoms with Crippen LogP contribution in [0.4, 0.5) is 11.5 Å². The molecule has 2 fully saturated rings. The molecule has 2 aromatic rings. The first-order valence-corrected chi connectivity index (χ1v) is 8.99. The van der Waals surface area contributed by atoms with Crippen molar-refractivity contribution in [2.45, 2.75) is 31.8 Å². The molecule has 0 aromatic carbocycles. The van der Waals surface area contributed by atoms with Crippen LogP contribution in [0.3, 0.4) is 0 Å². The Morgan fingerprint density at radius 1 is 1.24 bits per heavy atom. The molecule has 2 aliphatic rings. The van der Waals surface area contributed by atoms with E-state index < -0.39 is 0 Å². The molecular weight excluding hydrogens is 316 g/mol. The standard InChI is InChI=1S/C19H24N4O2/c1-14-13-25-10-9-22(14)15-11-18(21-19(24)12-15)23-8-4-6-17(23)16-5-2-3-7-20-16/h2-3,5,7,11-12,14,17H,4,6,8-10,13H2,1H3,(H,21,24). The molecule has 0 saturated carbocycles. The molecule has 0 aliphatic carbocycles. The fraction of sp³-hybridized carbons (Fsp3) is 0.474. The van der Waals surface area contributed by atoms with Crippen molar-refractivity contribution < 1.29 is 4.74 Å². The van der Waals surface area contributed by atoms with E-state index in [9.17, 15) is 4.79 Å². The fourth-order valence-electron chi connectivity index (χ4n) is 3.88. The van der Waals surface area contributed by atoms with Crippen molar-refractivity contribution in [1.82, 2.24) is 9.97 Å². The molecule has 6 heteroatoms. The quantitative estimate of drug-likeness (QED) is 0.929. The number of anilines is 2. The Morgan fingerprint density at radius 2 is 2.16 bits per heavy atom. The summed E-state index contributed by atoms with van der Waals surface area (Å²) < 4.78 is 5.52. The number of ether oxygens (including phenoxy) is 1. The molecule has 4 heterocycles.